The number of β-amino-alcohol motifs (C(OH)–C–C–N with tert-alkyl or cyclic N) is 1. The molecule has 1 aliphatic rings. The van der Waals surface area contributed by atoms with Crippen LogP contribution in [0.4, 0.5) is 4.79 Å². The maximum Gasteiger partial charge on any atom is 0.321 e. The Hall–Kier alpha value is -1.03. The van der Waals surface area contributed by atoms with E-state index in [-0.39, 0.29) is 6.03 Å². The number of carbonyl (C=O) groups excluding carboxylic acids is 1. The second kappa shape index (κ2) is 2.70. The van der Waals surface area contributed by atoms with Crippen molar-refractivity contribution < 1.29 is 9.90 Å². The summed E-state index contributed by atoms with van der Waals surface area (Å²) in [5, 5.41) is 11.4. The van der Waals surface area contributed by atoms with Crippen molar-refractivity contribution in [1.82, 2.24) is 10.2 Å². The van der Waals surface area contributed by atoms with Gasteiger partial charge in [0.15, 0.2) is 0 Å². The van der Waals surface area contributed by atoms with Crippen LogP contribution in [-0.2, 0) is 0 Å². The van der Waals surface area contributed by atoms with Crippen molar-refractivity contribution in [2.75, 3.05) is 13.6 Å². The summed E-state index contributed by atoms with van der Waals surface area (Å²) in [5.74, 6) is 0. The molecule has 0 fully saturated rings. The van der Waals surface area contributed by atoms with Crippen LogP contribution in [0, 0.1) is 0 Å². The molecule has 1 heterocycles. The molecule has 0 saturated heterocycles. The Bertz CT molecular complexity index is 167. The first-order valence-electron chi connectivity index (χ1n) is 3.09. The van der Waals surface area contributed by atoms with Gasteiger partial charge in [-0.25, -0.2) is 4.79 Å². The van der Waals surface area contributed by atoms with Gasteiger partial charge in [-0.1, -0.05) is 0 Å². The Kier molecular flexibility index (Phi) is 1.91. The monoisotopic (exact) mass is 142 g/mol. The number of hydrogen-bond donors (Lipinski definition) is 2. The molecule has 1 aliphatic heterocycles. The Labute approximate surface area is 59.1 Å². The Balaban J connectivity index is 2.46. The van der Waals surface area contributed by atoms with Gasteiger partial charge in [0.05, 0.1) is 12.6 Å². The third kappa shape index (κ3) is 1.27. The number of urea groups is 1. The zero-order valence-electron chi connectivity index (χ0n) is 5.74. The molecular weight excluding hydrogens is 132 g/mol. The van der Waals surface area contributed by atoms with Crippen molar-refractivity contribution in [2.24, 2.45) is 0 Å². The fourth-order valence-corrected chi connectivity index (χ4v) is 0.821. The third-order valence-corrected chi connectivity index (χ3v) is 1.35. The van der Waals surface area contributed by atoms with Gasteiger partial charge in [0.25, 0.3) is 0 Å². The Morgan fingerprint density at radius 1 is 1.90 bits per heavy atom. The van der Waals surface area contributed by atoms with Crippen molar-refractivity contribution in [3.05, 3.63) is 12.3 Å². The van der Waals surface area contributed by atoms with E-state index in [0.717, 1.165) is 0 Å². The summed E-state index contributed by atoms with van der Waals surface area (Å²) < 4.78 is 0. The molecule has 0 spiro atoms. The van der Waals surface area contributed by atoms with Gasteiger partial charge in [0.1, 0.15) is 0 Å². The Morgan fingerprint density at radius 3 is 3.00 bits per heavy atom. The summed E-state index contributed by atoms with van der Waals surface area (Å²) in [5.41, 5.74) is 0. The summed E-state index contributed by atoms with van der Waals surface area (Å²) in [4.78, 5) is 12.2. The lowest BCUT2D eigenvalue weighted by Gasteiger charge is -2.12. The van der Waals surface area contributed by atoms with E-state index in [1.165, 1.54) is 4.90 Å². The predicted molar refractivity (Wildman–Crippen MR) is 36.3 cm³/mol. The minimum absolute atomic E-state index is 0.187. The highest BCUT2D eigenvalue weighted by atomic mass is 16.3. The van der Waals surface area contributed by atoms with Crippen LogP contribution < -0.4 is 5.32 Å². The SMILES string of the molecule is CNC(=O)N1C=CC(O)C1. The van der Waals surface area contributed by atoms with Crippen molar-refractivity contribution in [2.45, 2.75) is 6.10 Å². The molecule has 0 aromatic carbocycles. The molecule has 0 radical (unpaired) electrons. The average molecular weight is 142 g/mol. The normalized spacial score (nSPS) is 23.4. The molecule has 2 N–H and O–H groups in total. The van der Waals surface area contributed by atoms with Gasteiger partial charge in [0.2, 0.25) is 0 Å². The molecule has 0 saturated carbocycles. The first-order chi connectivity index (χ1) is 4.74. The van der Waals surface area contributed by atoms with Crippen molar-refractivity contribution >= 4 is 6.03 Å². The number of nitrogens with one attached hydrogen (secondary N) is 1. The molecule has 0 aliphatic carbocycles. The van der Waals surface area contributed by atoms with E-state index in [9.17, 15) is 4.79 Å². The molecule has 1 unspecified atom stereocenters. The topological polar surface area (TPSA) is 52.6 Å². The molecule has 0 aromatic rings. The van der Waals surface area contributed by atoms with Crippen LogP contribution >= 0.6 is 0 Å². The van der Waals surface area contributed by atoms with Gasteiger partial charge < -0.3 is 10.4 Å². The second-order valence-corrected chi connectivity index (χ2v) is 2.12. The minimum atomic E-state index is -0.503. The summed E-state index contributed by atoms with van der Waals surface area (Å²) in [6.07, 6.45) is 2.65. The van der Waals surface area contributed by atoms with Gasteiger partial charge in [-0.3, -0.25) is 4.90 Å². The Morgan fingerprint density at radius 2 is 2.60 bits per heavy atom. The molecule has 0 aromatic heterocycles. The number of aliphatic hydroxyl groups excluding tert-OH is 1. The summed E-state index contributed by atoms with van der Waals surface area (Å²) in [7, 11) is 1.56. The third-order valence-electron chi connectivity index (χ3n) is 1.35. The van der Waals surface area contributed by atoms with Crippen LogP contribution in [0.25, 0.3) is 0 Å². The van der Waals surface area contributed by atoms with Gasteiger partial charge in [-0.05, 0) is 6.08 Å². The predicted octanol–water partition coefficient (Wildman–Crippen LogP) is -0.484. The van der Waals surface area contributed by atoms with E-state index >= 15 is 0 Å². The van der Waals surface area contributed by atoms with E-state index in [2.05, 4.69) is 5.32 Å². The number of amides is 2. The zero-order chi connectivity index (χ0) is 7.56. The van der Waals surface area contributed by atoms with Crippen LogP contribution in [0.1, 0.15) is 0 Å². The van der Waals surface area contributed by atoms with E-state index < -0.39 is 6.10 Å². The zero-order valence-corrected chi connectivity index (χ0v) is 5.74. The van der Waals surface area contributed by atoms with Gasteiger partial charge in [-0.2, -0.15) is 0 Å². The number of aliphatic hydroxyl groups is 1. The number of carbonyl (C=O) groups is 1. The highest BCUT2D eigenvalue weighted by molar-refractivity contribution is 5.75. The molecule has 2 amide bonds. The fraction of sp³-hybridized carbons (Fsp3) is 0.500. The quantitative estimate of drug-likeness (QED) is 0.479. The van der Waals surface area contributed by atoms with Crippen LogP contribution in [0.5, 0.6) is 0 Å². The maximum atomic E-state index is 10.8. The standard InChI is InChI=1S/C6H10N2O2/c1-7-6(10)8-3-2-5(9)4-8/h2-3,5,9H,4H2,1H3,(H,7,10). The van der Waals surface area contributed by atoms with Crippen molar-refractivity contribution in [3.8, 4) is 0 Å². The molecule has 4 heteroatoms. The molecule has 10 heavy (non-hydrogen) atoms. The van der Waals surface area contributed by atoms with E-state index in [4.69, 9.17) is 5.11 Å². The summed E-state index contributed by atoms with van der Waals surface area (Å²) >= 11 is 0. The number of nitrogens with zero attached hydrogens (tertiary/aromatic N) is 1. The van der Waals surface area contributed by atoms with Crippen LogP contribution in [0.2, 0.25) is 0 Å². The maximum absolute atomic E-state index is 10.8. The van der Waals surface area contributed by atoms with Crippen LogP contribution in [-0.4, -0.2) is 35.7 Å². The molecular formula is C6H10N2O2. The van der Waals surface area contributed by atoms with Gasteiger partial charge >= 0.3 is 6.03 Å². The average Bonchev–Trinajstić information content (AvgIpc) is 2.34. The fourth-order valence-electron chi connectivity index (χ4n) is 0.821. The number of rotatable bonds is 0. The second-order valence-electron chi connectivity index (χ2n) is 2.12. The molecule has 0 bridgehead atoms. The smallest absolute Gasteiger partial charge is 0.321 e. The van der Waals surface area contributed by atoms with Crippen molar-refractivity contribution in [3.63, 3.8) is 0 Å². The van der Waals surface area contributed by atoms with Gasteiger partial charge in [-0.15, -0.1) is 0 Å². The first-order valence-corrected chi connectivity index (χ1v) is 3.09. The largest absolute Gasteiger partial charge is 0.387 e. The van der Waals surface area contributed by atoms with Crippen LogP contribution in [0.3, 0.4) is 0 Å². The minimum Gasteiger partial charge on any atom is -0.387 e. The first kappa shape index (κ1) is 7.08. The molecule has 56 valence electrons. The lowest BCUT2D eigenvalue weighted by Crippen LogP contribution is -2.34. The summed E-state index contributed by atoms with van der Waals surface area (Å²) in [6, 6.07) is -0.187. The molecule has 1 rings (SSSR count). The molecule has 1 atom stereocenters. The van der Waals surface area contributed by atoms with E-state index in [1.54, 1.807) is 19.3 Å². The lowest BCUT2D eigenvalue weighted by atomic mass is 10.4. The van der Waals surface area contributed by atoms with Gasteiger partial charge in [0, 0.05) is 13.2 Å². The van der Waals surface area contributed by atoms with E-state index in [1.807, 2.05) is 0 Å². The highest BCUT2D eigenvalue weighted by Crippen LogP contribution is 2.03. The lowest BCUT2D eigenvalue weighted by molar-refractivity contribution is 0.185. The van der Waals surface area contributed by atoms with Crippen molar-refractivity contribution in [1.29, 1.82) is 0 Å². The highest BCUT2D eigenvalue weighted by Gasteiger charge is 2.17. The number of hydrogen-bond acceptors (Lipinski definition) is 2. The molecule has 4 nitrogen and oxygen atoms in total. The summed E-state index contributed by atoms with van der Waals surface area (Å²) in [6.45, 7) is 0.361. The van der Waals surface area contributed by atoms with E-state index in [0.29, 0.717) is 6.54 Å². The van der Waals surface area contributed by atoms with Crippen LogP contribution in [0.15, 0.2) is 12.3 Å².